The third-order valence-corrected chi connectivity index (χ3v) is 2.36. The van der Waals surface area contributed by atoms with Crippen LogP contribution in [-0.4, -0.2) is 9.55 Å². The molecule has 2 nitrogen and oxygen atoms in total. The van der Waals surface area contributed by atoms with E-state index in [-0.39, 0.29) is 0 Å². The van der Waals surface area contributed by atoms with Crippen LogP contribution in [0.4, 0.5) is 0 Å². The first-order valence-corrected chi connectivity index (χ1v) is 4.69. The maximum atomic E-state index is 5.19. The van der Waals surface area contributed by atoms with E-state index < -0.39 is 0 Å². The molecule has 1 N–H and O–H groups in total. The number of H-pyrrole nitrogens is 1. The first-order valence-electron chi connectivity index (χ1n) is 4.28. The van der Waals surface area contributed by atoms with Crippen LogP contribution in [0.25, 0.3) is 0 Å². The molecule has 12 heavy (non-hydrogen) atoms. The summed E-state index contributed by atoms with van der Waals surface area (Å²) < 4.78 is 3.01. The molecule has 0 unspecified atom stereocenters. The third-order valence-electron chi connectivity index (χ3n) is 2.03. The molecular weight excluding hydrogens is 168 g/mol. The molecule has 68 valence electrons. The van der Waals surface area contributed by atoms with Crippen LogP contribution in [0.1, 0.15) is 25.2 Å². The van der Waals surface area contributed by atoms with Crippen LogP contribution in [0, 0.1) is 24.5 Å². The van der Waals surface area contributed by atoms with E-state index in [1.165, 1.54) is 11.4 Å². The summed E-state index contributed by atoms with van der Waals surface area (Å²) in [5, 5.41) is 0. The minimum atomic E-state index is 0.644. The fourth-order valence-electron chi connectivity index (χ4n) is 1.26. The van der Waals surface area contributed by atoms with Gasteiger partial charge < -0.3 is 9.55 Å². The molecule has 0 radical (unpaired) electrons. The van der Waals surface area contributed by atoms with Gasteiger partial charge in [0.1, 0.15) is 0 Å². The van der Waals surface area contributed by atoms with E-state index in [9.17, 15) is 0 Å². The number of aryl methyl sites for hydroxylation is 1. The number of hydrogen-bond acceptors (Lipinski definition) is 1. The molecule has 0 fully saturated rings. The van der Waals surface area contributed by atoms with Gasteiger partial charge in [-0.3, -0.25) is 0 Å². The van der Waals surface area contributed by atoms with Gasteiger partial charge in [-0.05, 0) is 32.0 Å². The van der Waals surface area contributed by atoms with Gasteiger partial charge in [-0.15, -0.1) is 0 Å². The Bertz CT molecular complexity index is 320. The van der Waals surface area contributed by atoms with Gasteiger partial charge in [-0.25, -0.2) is 0 Å². The maximum Gasteiger partial charge on any atom is 0.177 e. The second kappa shape index (κ2) is 3.44. The zero-order chi connectivity index (χ0) is 9.30. The standard InChI is InChI=1S/C9H16N2S/c1-6(2)5-11-8(4)7(3)10-9(11)12/h6H,5H2,1-4H3,(H,10,12). The summed E-state index contributed by atoms with van der Waals surface area (Å²) in [6.07, 6.45) is 0. The van der Waals surface area contributed by atoms with Crippen molar-refractivity contribution in [2.24, 2.45) is 5.92 Å². The minimum Gasteiger partial charge on any atom is -0.335 e. The molecule has 0 amide bonds. The lowest BCUT2D eigenvalue weighted by Gasteiger charge is -2.07. The first kappa shape index (κ1) is 9.52. The van der Waals surface area contributed by atoms with E-state index in [1.807, 2.05) is 0 Å². The lowest BCUT2D eigenvalue weighted by molar-refractivity contribution is 0.511. The Labute approximate surface area is 78.6 Å². The molecule has 1 aromatic heterocycles. The second-order valence-electron chi connectivity index (χ2n) is 3.65. The van der Waals surface area contributed by atoms with Crippen LogP contribution < -0.4 is 0 Å². The second-order valence-corrected chi connectivity index (χ2v) is 4.03. The van der Waals surface area contributed by atoms with Crippen molar-refractivity contribution >= 4 is 12.2 Å². The molecule has 0 aliphatic carbocycles. The number of imidazole rings is 1. The first-order chi connectivity index (χ1) is 5.52. The van der Waals surface area contributed by atoms with Crippen LogP contribution in [0.3, 0.4) is 0 Å². The van der Waals surface area contributed by atoms with E-state index >= 15 is 0 Å². The molecule has 0 spiro atoms. The van der Waals surface area contributed by atoms with Crippen LogP contribution in [0.2, 0.25) is 0 Å². The molecule has 1 rings (SSSR count). The van der Waals surface area contributed by atoms with Crippen molar-refractivity contribution in [3.8, 4) is 0 Å². The van der Waals surface area contributed by atoms with E-state index in [0.29, 0.717) is 5.92 Å². The zero-order valence-electron chi connectivity index (χ0n) is 8.14. The fourth-order valence-corrected chi connectivity index (χ4v) is 1.62. The highest BCUT2D eigenvalue weighted by atomic mass is 32.1. The minimum absolute atomic E-state index is 0.644. The number of aromatic nitrogens is 2. The van der Waals surface area contributed by atoms with Gasteiger partial charge in [0, 0.05) is 17.9 Å². The van der Waals surface area contributed by atoms with Crippen LogP contribution in [-0.2, 0) is 6.54 Å². The number of nitrogens with one attached hydrogen (secondary N) is 1. The van der Waals surface area contributed by atoms with Gasteiger partial charge in [-0.1, -0.05) is 13.8 Å². The highest BCUT2D eigenvalue weighted by Crippen LogP contribution is 2.09. The largest absolute Gasteiger partial charge is 0.335 e. The average molecular weight is 184 g/mol. The van der Waals surface area contributed by atoms with E-state index in [4.69, 9.17) is 12.2 Å². The van der Waals surface area contributed by atoms with Gasteiger partial charge in [0.2, 0.25) is 0 Å². The maximum absolute atomic E-state index is 5.19. The highest BCUT2D eigenvalue weighted by molar-refractivity contribution is 7.71. The number of hydrogen-bond donors (Lipinski definition) is 1. The number of nitrogens with zero attached hydrogens (tertiary/aromatic N) is 1. The van der Waals surface area contributed by atoms with E-state index in [2.05, 4.69) is 37.2 Å². The van der Waals surface area contributed by atoms with Crippen molar-refractivity contribution in [1.82, 2.24) is 9.55 Å². The van der Waals surface area contributed by atoms with Crippen molar-refractivity contribution in [2.45, 2.75) is 34.2 Å². The summed E-state index contributed by atoms with van der Waals surface area (Å²) in [5.74, 6) is 0.644. The Kier molecular flexibility index (Phi) is 2.73. The molecule has 0 aliphatic rings. The van der Waals surface area contributed by atoms with Gasteiger partial charge in [0.15, 0.2) is 4.77 Å². The third kappa shape index (κ3) is 1.78. The van der Waals surface area contributed by atoms with Crippen molar-refractivity contribution < 1.29 is 0 Å². The average Bonchev–Trinajstić information content (AvgIpc) is 2.16. The molecule has 0 saturated heterocycles. The van der Waals surface area contributed by atoms with Crippen molar-refractivity contribution in [3.05, 3.63) is 16.2 Å². The molecule has 0 aromatic carbocycles. The van der Waals surface area contributed by atoms with E-state index in [0.717, 1.165) is 11.3 Å². The van der Waals surface area contributed by atoms with Gasteiger partial charge in [-0.2, -0.15) is 0 Å². The zero-order valence-corrected chi connectivity index (χ0v) is 8.96. The van der Waals surface area contributed by atoms with E-state index in [1.54, 1.807) is 0 Å². The predicted octanol–water partition coefficient (Wildman–Crippen LogP) is 2.82. The quantitative estimate of drug-likeness (QED) is 0.701. The van der Waals surface area contributed by atoms with Gasteiger partial charge >= 0.3 is 0 Å². The van der Waals surface area contributed by atoms with Crippen LogP contribution in [0.15, 0.2) is 0 Å². The molecule has 1 heterocycles. The molecule has 3 heteroatoms. The summed E-state index contributed by atoms with van der Waals surface area (Å²) in [6, 6.07) is 0. The summed E-state index contributed by atoms with van der Waals surface area (Å²) in [5.41, 5.74) is 2.44. The molecule has 0 bridgehead atoms. The van der Waals surface area contributed by atoms with Crippen molar-refractivity contribution in [2.75, 3.05) is 0 Å². The lowest BCUT2D eigenvalue weighted by Crippen LogP contribution is -2.06. The topological polar surface area (TPSA) is 20.7 Å². The summed E-state index contributed by atoms with van der Waals surface area (Å²) in [6.45, 7) is 9.56. The molecule has 0 saturated carbocycles. The summed E-state index contributed by atoms with van der Waals surface area (Å²) in [4.78, 5) is 3.16. The monoisotopic (exact) mass is 184 g/mol. The molecular formula is C9H16N2S. The smallest absolute Gasteiger partial charge is 0.177 e. The summed E-state index contributed by atoms with van der Waals surface area (Å²) in [7, 11) is 0. The highest BCUT2D eigenvalue weighted by Gasteiger charge is 2.04. The van der Waals surface area contributed by atoms with Crippen LogP contribution >= 0.6 is 12.2 Å². The number of aromatic amines is 1. The molecule has 0 aliphatic heterocycles. The van der Waals surface area contributed by atoms with Crippen molar-refractivity contribution in [3.63, 3.8) is 0 Å². The SMILES string of the molecule is Cc1[nH]c(=S)n(CC(C)C)c1C. The van der Waals surface area contributed by atoms with Gasteiger partial charge in [0.25, 0.3) is 0 Å². The Balaban J connectivity index is 3.06. The molecule has 0 atom stereocenters. The van der Waals surface area contributed by atoms with Crippen LogP contribution in [0.5, 0.6) is 0 Å². The fraction of sp³-hybridized carbons (Fsp3) is 0.667. The lowest BCUT2D eigenvalue weighted by atomic mass is 10.2. The Morgan fingerprint density at radius 1 is 1.42 bits per heavy atom. The molecule has 1 aromatic rings. The normalized spacial score (nSPS) is 11.1. The summed E-state index contributed by atoms with van der Waals surface area (Å²) >= 11 is 5.19. The van der Waals surface area contributed by atoms with Crippen molar-refractivity contribution in [1.29, 1.82) is 0 Å². The van der Waals surface area contributed by atoms with Gasteiger partial charge in [0.05, 0.1) is 0 Å². The Hall–Kier alpha value is -0.570. The predicted molar refractivity (Wildman–Crippen MR) is 53.9 cm³/mol. The number of rotatable bonds is 2. The Morgan fingerprint density at radius 2 is 2.00 bits per heavy atom. The Morgan fingerprint density at radius 3 is 2.33 bits per heavy atom.